The Balaban J connectivity index is 0.000000167. The van der Waals surface area contributed by atoms with Gasteiger partial charge < -0.3 is 0 Å². The van der Waals surface area contributed by atoms with Crippen molar-refractivity contribution >= 4 is 0 Å². The van der Waals surface area contributed by atoms with E-state index in [1.165, 1.54) is 0 Å². The maximum Gasteiger partial charge on any atom is 2.00 e. The Kier molecular flexibility index (Phi) is 7.04. The van der Waals surface area contributed by atoms with E-state index in [1.807, 2.05) is 60.7 Å². The van der Waals surface area contributed by atoms with Gasteiger partial charge in [0.15, 0.2) is 0 Å². The molecule has 60 valence electrons. The quantitative estimate of drug-likeness (QED) is 0.487. The second-order valence-electron chi connectivity index (χ2n) is 1.92. The van der Waals surface area contributed by atoms with Gasteiger partial charge >= 0.3 is 20.4 Å². The number of hydrogen-bond acceptors (Lipinski definition) is 0. The van der Waals surface area contributed by atoms with E-state index in [-0.39, 0.29) is 20.4 Å². The molecule has 1 heteroatoms. The monoisotopic (exact) mass is 236 g/mol. The van der Waals surface area contributed by atoms with Crippen molar-refractivity contribution in [2.24, 2.45) is 0 Å². The molecule has 0 saturated heterocycles. The van der Waals surface area contributed by atoms with E-state index in [9.17, 15) is 0 Å². The van der Waals surface area contributed by atoms with Crippen LogP contribution in [0.1, 0.15) is 0 Å². The van der Waals surface area contributed by atoms with Crippen molar-refractivity contribution in [2.75, 3.05) is 0 Å². The summed E-state index contributed by atoms with van der Waals surface area (Å²) in [6.45, 7) is 0. The van der Waals surface area contributed by atoms with E-state index in [0.29, 0.717) is 0 Å². The van der Waals surface area contributed by atoms with E-state index in [0.717, 1.165) is 0 Å². The fourth-order valence-corrected chi connectivity index (χ4v) is 0.642. The minimum atomic E-state index is 0. The van der Waals surface area contributed by atoms with Crippen LogP contribution in [0.25, 0.3) is 0 Å². The molecule has 0 aromatic heterocycles. The first kappa shape index (κ1) is 10.4. The van der Waals surface area contributed by atoms with Gasteiger partial charge in [-0.25, -0.2) is 24.3 Å². The molecule has 0 atom stereocenters. The zero-order valence-corrected chi connectivity index (χ0v) is 7.64. The molecule has 0 aliphatic carbocycles. The molecule has 0 fully saturated rings. The molecular formula is C10H10Pd. The van der Waals surface area contributed by atoms with Crippen LogP contribution in [0.3, 0.4) is 0 Å². The Morgan fingerprint density at radius 2 is 0.818 bits per heavy atom. The molecule has 0 heterocycles. The Hall–Kier alpha value is -0.638. The molecular weight excluding hydrogens is 227 g/mol. The van der Waals surface area contributed by atoms with Crippen LogP contribution in [-0.4, -0.2) is 0 Å². The predicted octanol–water partition coefficient (Wildman–Crippen LogP) is 2.81. The van der Waals surface area contributed by atoms with Crippen LogP contribution in [0, 0.1) is 0 Å². The molecule has 2 rings (SSSR count). The van der Waals surface area contributed by atoms with Crippen LogP contribution in [0.4, 0.5) is 0 Å². The van der Waals surface area contributed by atoms with Crippen LogP contribution in [-0.2, 0) is 20.4 Å². The normalized spacial score (nSPS) is 7.27. The van der Waals surface area contributed by atoms with Gasteiger partial charge in [-0.3, -0.25) is 0 Å². The van der Waals surface area contributed by atoms with Crippen molar-refractivity contribution in [3.8, 4) is 0 Å². The summed E-state index contributed by atoms with van der Waals surface area (Å²) in [5.74, 6) is 0. The van der Waals surface area contributed by atoms with E-state index in [1.54, 1.807) is 0 Å². The van der Waals surface area contributed by atoms with Crippen LogP contribution in [0.15, 0.2) is 60.7 Å². The maximum atomic E-state index is 2.00. The average molecular weight is 237 g/mol. The number of hydrogen-bond donors (Lipinski definition) is 0. The SMILES string of the molecule is [Pd+2].c1cc[cH-]c1.c1cc[cH-]c1. The van der Waals surface area contributed by atoms with Gasteiger partial charge in [0.2, 0.25) is 0 Å². The van der Waals surface area contributed by atoms with Gasteiger partial charge in [0.25, 0.3) is 0 Å². The molecule has 0 nitrogen and oxygen atoms in total. The number of rotatable bonds is 0. The van der Waals surface area contributed by atoms with Crippen molar-refractivity contribution in [3.05, 3.63) is 60.7 Å². The Labute approximate surface area is 81.3 Å². The molecule has 0 aliphatic rings. The topological polar surface area (TPSA) is 0 Å². The van der Waals surface area contributed by atoms with E-state index >= 15 is 0 Å². The van der Waals surface area contributed by atoms with Gasteiger partial charge in [0.1, 0.15) is 0 Å². The largest absolute Gasteiger partial charge is 2.00 e. The molecule has 0 amide bonds. The summed E-state index contributed by atoms with van der Waals surface area (Å²) in [5, 5.41) is 0. The Morgan fingerprint density at radius 3 is 0.909 bits per heavy atom. The molecule has 0 N–H and O–H groups in total. The standard InChI is InChI=1S/2C5H5.Pd/c2*1-2-4-5-3-1;/h2*1-5H;/q2*-1;+2. The van der Waals surface area contributed by atoms with Crippen LogP contribution in [0.5, 0.6) is 0 Å². The van der Waals surface area contributed by atoms with Crippen molar-refractivity contribution in [2.45, 2.75) is 0 Å². The first-order chi connectivity index (χ1) is 5.00. The fraction of sp³-hybridized carbons (Fsp3) is 0. The molecule has 11 heavy (non-hydrogen) atoms. The predicted molar refractivity (Wildman–Crippen MR) is 44.1 cm³/mol. The molecule has 2 aromatic rings. The zero-order chi connectivity index (χ0) is 7.07. The third-order valence-corrected chi connectivity index (χ3v) is 1.11. The van der Waals surface area contributed by atoms with Gasteiger partial charge in [-0.1, -0.05) is 0 Å². The Morgan fingerprint density at radius 1 is 0.545 bits per heavy atom. The Bertz CT molecular complexity index is 144. The van der Waals surface area contributed by atoms with Crippen molar-refractivity contribution in [3.63, 3.8) is 0 Å². The molecule has 2 aromatic carbocycles. The average Bonchev–Trinajstić information content (AvgIpc) is 2.67. The summed E-state index contributed by atoms with van der Waals surface area (Å²) in [6.07, 6.45) is 0. The minimum absolute atomic E-state index is 0. The molecule has 0 saturated carbocycles. The molecule has 0 aliphatic heterocycles. The van der Waals surface area contributed by atoms with E-state index < -0.39 is 0 Å². The second kappa shape index (κ2) is 7.47. The van der Waals surface area contributed by atoms with Crippen LogP contribution < -0.4 is 0 Å². The zero-order valence-electron chi connectivity index (χ0n) is 6.09. The second-order valence-corrected chi connectivity index (χ2v) is 1.92. The summed E-state index contributed by atoms with van der Waals surface area (Å²) >= 11 is 0. The van der Waals surface area contributed by atoms with Crippen molar-refractivity contribution in [1.82, 2.24) is 0 Å². The van der Waals surface area contributed by atoms with Gasteiger partial charge in [0, 0.05) is 0 Å². The molecule has 0 unspecified atom stereocenters. The molecule has 0 bridgehead atoms. The fourth-order valence-electron chi connectivity index (χ4n) is 0.642. The molecule has 0 radical (unpaired) electrons. The van der Waals surface area contributed by atoms with Gasteiger partial charge in [0.05, 0.1) is 0 Å². The van der Waals surface area contributed by atoms with Crippen LogP contribution >= 0.6 is 0 Å². The molecule has 0 spiro atoms. The van der Waals surface area contributed by atoms with Crippen molar-refractivity contribution in [1.29, 1.82) is 0 Å². The van der Waals surface area contributed by atoms with Gasteiger partial charge in [-0.15, -0.1) is 0 Å². The first-order valence-corrected chi connectivity index (χ1v) is 3.33. The first-order valence-electron chi connectivity index (χ1n) is 3.33. The maximum absolute atomic E-state index is 2.00. The van der Waals surface area contributed by atoms with Gasteiger partial charge in [-0.2, -0.15) is 36.4 Å². The summed E-state index contributed by atoms with van der Waals surface area (Å²) < 4.78 is 0. The van der Waals surface area contributed by atoms with Crippen LogP contribution in [0.2, 0.25) is 0 Å². The minimum Gasteiger partial charge on any atom is -0.214 e. The van der Waals surface area contributed by atoms with E-state index in [2.05, 4.69) is 0 Å². The smallest absolute Gasteiger partial charge is 0.214 e. The summed E-state index contributed by atoms with van der Waals surface area (Å²) in [5.41, 5.74) is 0. The summed E-state index contributed by atoms with van der Waals surface area (Å²) in [6, 6.07) is 20.0. The van der Waals surface area contributed by atoms with E-state index in [4.69, 9.17) is 0 Å². The third-order valence-electron chi connectivity index (χ3n) is 1.11. The third kappa shape index (κ3) is 5.79. The van der Waals surface area contributed by atoms with Gasteiger partial charge in [-0.05, 0) is 0 Å². The van der Waals surface area contributed by atoms with Crippen molar-refractivity contribution < 1.29 is 20.4 Å². The summed E-state index contributed by atoms with van der Waals surface area (Å²) in [4.78, 5) is 0. The summed E-state index contributed by atoms with van der Waals surface area (Å²) in [7, 11) is 0.